The second-order valence-corrected chi connectivity index (χ2v) is 9.21. The standard InChI is InChI=1S/C18H28N4O3S/c1-13-11-22(12-14(2)25-13)26(23,24)9-8-20-18(19)21-17-7-6-15-4-3-5-16(15)10-17/h6-7,10,13-14H,3-5,8-9,11-12H2,1-2H3,(H3,19,20,21). The molecule has 1 fully saturated rings. The van der Waals surface area contributed by atoms with Crippen molar-refractivity contribution in [2.24, 2.45) is 10.7 Å². The van der Waals surface area contributed by atoms with E-state index in [1.807, 2.05) is 19.9 Å². The molecule has 1 heterocycles. The molecule has 2 aliphatic rings. The van der Waals surface area contributed by atoms with Gasteiger partial charge in [0, 0.05) is 18.8 Å². The molecular formula is C18H28N4O3S. The lowest BCUT2D eigenvalue weighted by Crippen LogP contribution is -2.49. The zero-order valence-corrected chi connectivity index (χ0v) is 16.3. The summed E-state index contributed by atoms with van der Waals surface area (Å²) >= 11 is 0. The molecule has 0 saturated carbocycles. The first-order valence-electron chi connectivity index (χ1n) is 9.15. The molecule has 3 rings (SSSR count). The number of ether oxygens (including phenoxy) is 1. The molecule has 8 heteroatoms. The van der Waals surface area contributed by atoms with Crippen molar-refractivity contribution in [2.75, 3.05) is 30.7 Å². The number of anilines is 1. The molecule has 0 aromatic heterocycles. The van der Waals surface area contributed by atoms with E-state index in [1.54, 1.807) is 0 Å². The lowest BCUT2D eigenvalue weighted by molar-refractivity contribution is -0.0440. The highest BCUT2D eigenvalue weighted by molar-refractivity contribution is 7.89. The molecular weight excluding hydrogens is 352 g/mol. The highest BCUT2D eigenvalue weighted by Gasteiger charge is 2.30. The minimum atomic E-state index is -3.36. The van der Waals surface area contributed by atoms with Crippen molar-refractivity contribution in [1.29, 1.82) is 0 Å². The van der Waals surface area contributed by atoms with Crippen molar-refractivity contribution in [1.82, 2.24) is 4.31 Å². The number of nitrogens with zero attached hydrogens (tertiary/aromatic N) is 2. The smallest absolute Gasteiger partial charge is 0.216 e. The summed E-state index contributed by atoms with van der Waals surface area (Å²) in [7, 11) is -3.36. The number of nitrogens with two attached hydrogens (primary N) is 1. The normalized spacial score (nSPS) is 24.5. The van der Waals surface area contributed by atoms with Crippen LogP contribution in [0.25, 0.3) is 0 Å². The minimum Gasteiger partial charge on any atom is -0.373 e. The monoisotopic (exact) mass is 380 g/mol. The molecule has 144 valence electrons. The first-order valence-corrected chi connectivity index (χ1v) is 10.8. The minimum absolute atomic E-state index is 0.0565. The van der Waals surface area contributed by atoms with Crippen molar-refractivity contribution in [3.8, 4) is 0 Å². The van der Waals surface area contributed by atoms with Gasteiger partial charge in [0.2, 0.25) is 10.0 Å². The molecule has 0 amide bonds. The van der Waals surface area contributed by atoms with E-state index < -0.39 is 10.0 Å². The average molecular weight is 381 g/mol. The molecule has 1 aromatic carbocycles. The second-order valence-electron chi connectivity index (χ2n) is 7.12. The van der Waals surface area contributed by atoms with Gasteiger partial charge in [0.05, 0.1) is 24.5 Å². The van der Waals surface area contributed by atoms with E-state index in [0.717, 1.165) is 18.5 Å². The van der Waals surface area contributed by atoms with E-state index in [2.05, 4.69) is 22.4 Å². The fourth-order valence-electron chi connectivity index (χ4n) is 3.61. The van der Waals surface area contributed by atoms with Crippen LogP contribution in [0.3, 0.4) is 0 Å². The Labute approximate surface area is 155 Å². The Morgan fingerprint density at radius 3 is 2.69 bits per heavy atom. The maximum atomic E-state index is 12.5. The third-order valence-corrected chi connectivity index (χ3v) is 6.57. The van der Waals surface area contributed by atoms with Crippen LogP contribution in [0.4, 0.5) is 5.69 Å². The van der Waals surface area contributed by atoms with E-state index in [4.69, 9.17) is 10.5 Å². The maximum Gasteiger partial charge on any atom is 0.216 e. The van der Waals surface area contributed by atoms with Crippen LogP contribution in [-0.4, -0.2) is 56.3 Å². The van der Waals surface area contributed by atoms with E-state index in [1.165, 1.54) is 21.9 Å². The van der Waals surface area contributed by atoms with Gasteiger partial charge in [-0.05, 0) is 56.4 Å². The third kappa shape index (κ3) is 4.75. The van der Waals surface area contributed by atoms with Crippen molar-refractivity contribution in [2.45, 2.75) is 45.3 Å². The number of sulfonamides is 1. The Balaban J connectivity index is 1.54. The van der Waals surface area contributed by atoms with Crippen molar-refractivity contribution in [3.63, 3.8) is 0 Å². The van der Waals surface area contributed by atoms with Gasteiger partial charge < -0.3 is 15.8 Å². The van der Waals surface area contributed by atoms with Crippen LogP contribution in [0.2, 0.25) is 0 Å². The Hall–Kier alpha value is -1.64. The molecule has 26 heavy (non-hydrogen) atoms. The summed E-state index contributed by atoms with van der Waals surface area (Å²) in [5.41, 5.74) is 9.55. The molecule has 2 unspecified atom stereocenters. The molecule has 1 aliphatic carbocycles. The topological polar surface area (TPSA) is 97.0 Å². The number of guanidine groups is 1. The number of benzene rings is 1. The second kappa shape index (κ2) is 7.94. The number of nitrogens with one attached hydrogen (secondary N) is 1. The zero-order chi connectivity index (χ0) is 18.7. The predicted octanol–water partition coefficient (Wildman–Crippen LogP) is 1.34. The van der Waals surface area contributed by atoms with Gasteiger partial charge in [-0.25, -0.2) is 8.42 Å². The van der Waals surface area contributed by atoms with Crippen LogP contribution in [0.15, 0.2) is 23.2 Å². The first-order chi connectivity index (χ1) is 12.3. The maximum absolute atomic E-state index is 12.5. The van der Waals surface area contributed by atoms with E-state index in [0.29, 0.717) is 13.1 Å². The quantitative estimate of drug-likeness (QED) is 0.593. The summed E-state index contributed by atoms with van der Waals surface area (Å²) in [6.07, 6.45) is 3.23. The van der Waals surface area contributed by atoms with E-state index >= 15 is 0 Å². The molecule has 0 radical (unpaired) electrons. The molecule has 0 bridgehead atoms. The van der Waals surface area contributed by atoms with Gasteiger partial charge in [-0.15, -0.1) is 0 Å². The third-order valence-electron chi connectivity index (χ3n) is 4.78. The summed E-state index contributed by atoms with van der Waals surface area (Å²) in [5, 5.41) is 3.05. The number of rotatable bonds is 5. The summed E-state index contributed by atoms with van der Waals surface area (Å²) in [4.78, 5) is 4.18. The molecule has 1 aromatic rings. The van der Waals surface area contributed by atoms with Crippen LogP contribution in [0.5, 0.6) is 0 Å². The first kappa shape index (κ1) is 19.1. The van der Waals surface area contributed by atoms with Gasteiger partial charge >= 0.3 is 0 Å². The SMILES string of the molecule is CC1CN(S(=O)(=O)CCN=C(N)Nc2ccc3c(c2)CCC3)CC(C)O1. The molecule has 3 N–H and O–H groups in total. The van der Waals surface area contributed by atoms with Crippen molar-refractivity contribution >= 4 is 21.7 Å². The van der Waals surface area contributed by atoms with Gasteiger partial charge in [0.1, 0.15) is 0 Å². The Morgan fingerprint density at radius 1 is 1.27 bits per heavy atom. The Bertz CT molecular complexity index is 769. The lowest BCUT2D eigenvalue weighted by Gasteiger charge is -2.34. The highest BCUT2D eigenvalue weighted by atomic mass is 32.2. The number of fused-ring (bicyclic) bond motifs is 1. The molecule has 2 atom stereocenters. The van der Waals surface area contributed by atoms with Gasteiger partial charge in [-0.2, -0.15) is 4.31 Å². The number of aliphatic imine (C=N–C) groups is 1. The van der Waals surface area contributed by atoms with Crippen LogP contribution in [0.1, 0.15) is 31.4 Å². The van der Waals surface area contributed by atoms with Gasteiger partial charge in [0.25, 0.3) is 0 Å². The van der Waals surface area contributed by atoms with Crippen LogP contribution < -0.4 is 11.1 Å². The predicted molar refractivity (Wildman–Crippen MR) is 104 cm³/mol. The fraction of sp³-hybridized carbons (Fsp3) is 0.611. The van der Waals surface area contributed by atoms with Crippen molar-refractivity contribution in [3.05, 3.63) is 29.3 Å². The summed E-state index contributed by atoms with van der Waals surface area (Å²) in [6.45, 7) is 4.68. The summed E-state index contributed by atoms with van der Waals surface area (Å²) in [5.74, 6) is 0.181. The van der Waals surface area contributed by atoms with Crippen LogP contribution in [0, 0.1) is 0 Å². The fourth-order valence-corrected chi connectivity index (χ4v) is 5.06. The molecule has 1 aliphatic heterocycles. The Morgan fingerprint density at radius 2 is 1.96 bits per heavy atom. The number of hydrogen-bond acceptors (Lipinski definition) is 4. The van der Waals surface area contributed by atoms with Crippen LogP contribution >= 0.6 is 0 Å². The lowest BCUT2D eigenvalue weighted by atomic mass is 10.1. The average Bonchev–Trinajstić information content (AvgIpc) is 3.01. The zero-order valence-electron chi connectivity index (χ0n) is 15.4. The van der Waals surface area contributed by atoms with Gasteiger partial charge in [-0.1, -0.05) is 6.07 Å². The Kier molecular flexibility index (Phi) is 5.84. The van der Waals surface area contributed by atoms with Crippen molar-refractivity contribution < 1.29 is 13.2 Å². The summed E-state index contributed by atoms with van der Waals surface area (Å²) < 4.78 is 32.0. The van der Waals surface area contributed by atoms with Gasteiger partial charge in [-0.3, -0.25) is 4.99 Å². The van der Waals surface area contributed by atoms with Crippen LogP contribution in [-0.2, 0) is 27.6 Å². The largest absolute Gasteiger partial charge is 0.373 e. The number of hydrogen-bond donors (Lipinski definition) is 2. The van der Waals surface area contributed by atoms with E-state index in [-0.39, 0.29) is 30.5 Å². The molecule has 0 spiro atoms. The van der Waals surface area contributed by atoms with E-state index in [9.17, 15) is 8.42 Å². The molecule has 1 saturated heterocycles. The number of aryl methyl sites for hydroxylation is 2. The summed E-state index contributed by atoms with van der Waals surface area (Å²) in [6, 6.07) is 6.20. The van der Waals surface area contributed by atoms with Gasteiger partial charge in [0.15, 0.2) is 5.96 Å². The number of morpholine rings is 1. The highest BCUT2D eigenvalue weighted by Crippen LogP contribution is 2.24. The molecule has 7 nitrogen and oxygen atoms in total.